The number of amides is 2. The second kappa shape index (κ2) is 12.8. The normalized spacial score (nSPS) is 12.5. The molecule has 5 nitrogen and oxygen atoms in total. The van der Waals surface area contributed by atoms with E-state index in [-0.39, 0.29) is 23.8 Å². The predicted octanol–water partition coefficient (Wildman–Crippen LogP) is 6.99. The predicted molar refractivity (Wildman–Crippen MR) is 162 cm³/mol. The number of carbonyl (C=O) groups excluding carboxylic acids is 2. The highest BCUT2D eigenvalue weighted by Crippen LogP contribution is 2.31. The zero-order chi connectivity index (χ0) is 28.8. The molecule has 6 heteroatoms. The number of carbonyl (C=O) groups is 2. The van der Waals surface area contributed by atoms with Crippen LogP contribution in [0.3, 0.4) is 0 Å². The van der Waals surface area contributed by atoms with Gasteiger partial charge >= 0.3 is 0 Å². The molecule has 0 saturated carbocycles. The molecule has 0 bridgehead atoms. The zero-order valence-corrected chi connectivity index (χ0v) is 25.8. The largest absolute Gasteiger partial charge is 0.483 e. The summed E-state index contributed by atoms with van der Waals surface area (Å²) in [6.45, 7) is 14.4. The van der Waals surface area contributed by atoms with Crippen LogP contribution < -0.4 is 10.1 Å². The summed E-state index contributed by atoms with van der Waals surface area (Å²) in [5.74, 6) is 0.144. The fraction of sp³-hybridized carbons (Fsp3) is 0.394. The first-order valence-corrected chi connectivity index (χ1v) is 14.2. The van der Waals surface area contributed by atoms with Crippen molar-refractivity contribution in [2.24, 2.45) is 0 Å². The molecule has 208 valence electrons. The molecule has 0 unspecified atom stereocenters. The van der Waals surface area contributed by atoms with Crippen molar-refractivity contribution in [2.45, 2.75) is 78.4 Å². The van der Waals surface area contributed by atoms with Gasteiger partial charge in [-0.2, -0.15) is 0 Å². The van der Waals surface area contributed by atoms with Gasteiger partial charge in [0.05, 0.1) is 4.47 Å². The van der Waals surface area contributed by atoms with Gasteiger partial charge in [-0.25, -0.2) is 0 Å². The quantitative estimate of drug-likeness (QED) is 0.291. The third kappa shape index (κ3) is 8.96. The van der Waals surface area contributed by atoms with Crippen molar-refractivity contribution in [3.05, 3.63) is 99.5 Å². The van der Waals surface area contributed by atoms with Crippen LogP contribution in [0, 0.1) is 6.92 Å². The Kier molecular flexibility index (Phi) is 10.0. The number of ether oxygens (including phenoxy) is 1. The summed E-state index contributed by atoms with van der Waals surface area (Å²) in [5.41, 5.74) is 3.74. The minimum Gasteiger partial charge on any atom is -0.483 e. The van der Waals surface area contributed by atoms with Crippen molar-refractivity contribution < 1.29 is 14.3 Å². The van der Waals surface area contributed by atoms with Crippen LogP contribution >= 0.6 is 15.9 Å². The van der Waals surface area contributed by atoms with Crippen LogP contribution in [0.15, 0.2) is 77.3 Å². The van der Waals surface area contributed by atoms with Crippen LogP contribution in [0.2, 0.25) is 0 Å². The van der Waals surface area contributed by atoms with Crippen LogP contribution in [0.1, 0.15) is 63.8 Å². The maximum Gasteiger partial charge on any atom is 0.261 e. The van der Waals surface area contributed by atoms with Gasteiger partial charge in [-0.1, -0.05) is 81.4 Å². The molecule has 0 heterocycles. The lowest BCUT2D eigenvalue weighted by molar-refractivity contribution is -0.143. The molecule has 0 aromatic heterocycles. The Hall–Kier alpha value is -3.12. The lowest BCUT2D eigenvalue weighted by atomic mass is 9.87. The van der Waals surface area contributed by atoms with Gasteiger partial charge in [0.25, 0.3) is 5.91 Å². The standard InChI is InChI=1S/C33H41BrN2O3/c1-23-13-11-12-16-25(23)21-36(28(31(38)35-33(5,6)7)19-24-14-9-8-10-15-24)30(37)22-39-29-18-17-26(20-27(29)34)32(2,3)4/h8-18,20,28H,19,21-22H2,1-7H3,(H,35,38)/t28-/m0/s1. The Morgan fingerprint density at radius 2 is 1.56 bits per heavy atom. The van der Waals surface area contributed by atoms with E-state index in [1.54, 1.807) is 4.90 Å². The molecule has 3 aromatic rings. The van der Waals surface area contributed by atoms with E-state index >= 15 is 0 Å². The highest BCUT2D eigenvalue weighted by atomic mass is 79.9. The third-order valence-electron chi connectivity index (χ3n) is 6.52. The van der Waals surface area contributed by atoms with Crippen LogP contribution in [0.25, 0.3) is 0 Å². The van der Waals surface area contributed by atoms with Crippen molar-refractivity contribution in [3.8, 4) is 5.75 Å². The molecule has 1 N–H and O–H groups in total. The molecule has 2 amide bonds. The van der Waals surface area contributed by atoms with E-state index < -0.39 is 11.6 Å². The molecule has 0 aliphatic rings. The number of rotatable bonds is 9. The van der Waals surface area contributed by atoms with Crippen molar-refractivity contribution in [2.75, 3.05) is 6.61 Å². The molecule has 0 saturated heterocycles. The highest BCUT2D eigenvalue weighted by Gasteiger charge is 2.32. The summed E-state index contributed by atoms with van der Waals surface area (Å²) >= 11 is 3.61. The van der Waals surface area contributed by atoms with Crippen molar-refractivity contribution >= 4 is 27.7 Å². The van der Waals surface area contributed by atoms with E-state index in [2.05, 4.69) is 42.0 Å². The molecule has 0 aliphatic heterocycles. The monoisotopic (exact) mass is 592 g/mol. The summed E-state index contributed by atoms with van der Waals surface area (Å²) in [7, 11) is 0. The number of hydrogen-bond donors (Lipinski definition) is 1. The second-order valence-electron chi connectivity index (χ2n) is 12.1. The van der Waals surface area contributed by atoms with Gasteiger partial charge in [-0.3, -0.25) is 9.59 Å². The first kappa shape index (κ1) is 30.4. The van der Waals surface area contributed by atoms with Crippen molar-refractivity contribution in [1.29, 1.82) is 0 Å². The van der Waals surface area contributed by atoms with Gasteiger partial charge in [0.1, 0.15) is 11.8 Å². The van der Waals surface area contributed by atoms with Gasteiger partial charge < -0.3 is 15.0 Å². The topological polar surface area (TPSA) is 58.6 Å². The SMILES string of the molecule is Cc1ccccc1CN(C(=O)COc1ccc(C(C)(C)C)cc1Br)[C@@H](Cc1ccccc1)C(=O)NC(C)(C)C. The number of nitrogens with one attached hydrogen (secondary N) is 1. The summed E-state index contributed by atoms with van der Waals surface area (Å²) in [4.78, 5) is 29.2. The molecule has 3 rings (SSSR count). The second-order valence-corrected chi connectivity index (χ2v) is 12.9. The first-order chi connectivity index (χ1) is 18.2. The Morgan fingerprint density at radius 1 is 0.923 bits per heavy atom. The van der Waals surface area contributed by atoms with E-state index in [1.165, 1.54) is 0 Å². The summed E-state index contributed by atoms with van der Waals surface area (Å²) < 4.78 is 6.82. The zero-order valence-electron chi connectivity index (χ0n) is 24.2. The number of halogens is 1. The maximum atomic E-state index is 13.9. The van der Waals surface area contributed by atoms with Crippen LogP contribution in [-0.4, -0.2) is 34.9 Å². The van der Waals surface area contributed by atoms with Crippen LogP contribution in [0.4, 0.5) is 0 Å². The molecule has 0 aliphatic carbocycles. The molecule has 0 radical (unpaired) electrons. The fourth-order valence-corrected chi connectivity index (χ4v) is 4.78. The van der Waals surface area contributed by atoms with Gasteiger partial charge in [-0.05, 0) is 83.4 Å². The van der Waals surface area contributed by atoms with Gasteiger partial charge in [0.2, 0.25) is 5.91 Å². The molecule has 0 spiro atoms. The maximum absolute atomic E-state index is 13.9. The number of nitrogens with zero attached hydrogens (tertiary/aromatic N) is 1. The summed E-state index contributed by atoms with van der Waals surface area (Å²) in [6.07, 6.45) is 0.393. The molecular weight excluding hydrogens is 552 g/mol. The average Bonchev–Trinajstić information content (AvgIpc) is 2.85. The average molecular weight is 594 g/mol. The lowest BCUT2D eigenvalue weighted by Gasteiger charge is -2.34. The van der Waals surface area contributed by atoms with Crippen LogP contribution in [0.5, 0.6) is 5.75 Å². The molecule has 1 atom stereocenters. The summed E-state index contributed by atoms with van der Waals surface area (Å²) in [6, 6.07) is 23.0. The Balaban J connectivity index is 1.94. The minimum absolute atomic E-state index is 0.00765. The number of aryl methyl sites for hydroxylation is 1. The van der Waals surface area contributed by atoms with E-state index in [4.69, 9.17) is 4.74 Å². The molecule has 39 heavy (non-hydrogen) atoms. The molecule has 0 fully saturated rings. The highest BCUT2D eigenvalue weighted by molar-refractivity contribution is 9.10. The van der Waals surface area contributed by atoms with Gasteiger partial charge in [-0.15, -0.1) is 0 Å². The Morgan fingerprint density at radius 3 is 2.15 bits per heavy atom. The van der Waals surface area contributed by atoms with Crippen LogP contribution in [-0.2, 0) is 28.0 Å². The molecular formula is C33H41BrN2O3. The summed E-state index contributed by atoms with van der Waals surface area (Å²) in [5, 5.41) is 3.10. The third-order valence-corrected chi connectivity index (χ3v) is 7.14. The first-order valence-electron chi connectivity index (χ1n) is 13.4. The number of benzene rings is 3. The van der Waals surface area contributed by atoms with Gasteiger partial charge in [0.15, 0.2) is 6.61 Å². The van der Waals surface area contributed by atoms with E-state index in [0.29, 0.717) is 18.7 Å². The fourth-order valence-electron chi connectivity index (χ4n) is 4.28. The minimum atomic E-state index is -0.714. The van der Waals surface area contributed by atoms with Crippen molar-refractivity contribution in [3.63, 3.8) is 0 Å². The van der Waals surface area contributed by atoms with E-state index in [1.807, 2.05) is 100 Å². The Bertz CT molecular complexity index is 1280. The lowest BCUT2D eigenvalue weighted by Crippen LogP contribution is -2.55. The van der Waals surface area contributed by atoms with E-state index in [0.717, 1.165) is 26.7 Å². The smallest absolute Gasteiger partial charge is 0.261 e. The Labute approximate surface area is 242 Å². The van der Waals surface area contributed by atoms with Gasteiger partial charge in [0, 0.05) is 18.5 Å². The van der Waals surface area contributed by atoms with E-state index in [9.17, 15) is 9.59 Å². The van der Waals surface area contributed by atoms with Crippen molar-refractivity contribution in [1.82, 2.24) is 10.2 Å². The number of hydrogen-bond acceptors (Lipinski definition) is 3. The molecule has 3 aromatic carbocycles.